The van der Waals surface area contributed by atoms with Gasteiger partial charge in [-0.15, -0.1) is 0 Å². The Morgan fingerprint density at radius 2 is 0.653 bits per heavy atom. The minimum atomic E-state index is -1.23. The maximum atomic E-state index is 2.63. The summed E-state index contributed by atoms with van der Waals surface area (Å²) in [5.41, 5.74) is 23.0. The Morgan fingerprint density at radius 3 is 1.22 bits per heavy atom. The molecule has 4 heterocycles. The van der Waals surface area contributed by atoms with Crippen LogP contribution in [0.2, 0.25) is 0 Å². The number of nitrogens with zero attached hydrogens (tertiary/aromatic N) is 4. The molecule has 4 aliphatic heterocycles. The van der Waals surface area contributed by atoms with Gasteiger partial charge in [-0.05, 0) is 124 Å². The van der Waals surface area contributed by atoms with Crippen LogP contribution in [-0.2, 0) is 0 Å². The van der Waals surface area contributed by atoms with E-state index in [1.807, 2.05) is 0 Å². The van der Waals surface area contributed by atoms with Gasteiger partial charge in [-0.3, -0.25) is 0 Å². The maximum Gasteiger partial charge on any atom is 0.253 e. The fourth-order valence-electron chi connectivity index (χ4n) is 12.3. The number of para-hydroxylation sites is 6. The average Bonchev–Trinajstić information content (AvgIpc) is 3.46. The van der Waals surface area contributed by atoms with Crippen LogP contribution in [0.1, 0.15) is 0 Å². The second-order valence-electron chi connectivity index (χ2n) is 18.8. The second kappa shape index (κ2) is 16.3. The van der Waals surface area contributed by atoms with E-state index in [0.29, 0.717) is 0 Å². The number of thiol groups is 1. The lowest BCUT2D eigenvalue weighted by Crippen LogP contribution is -2.62. The van der Waals surface area contributed by atoms with Crippen molar-refractivity contribution >= 4 is 102 Å². The number of hydrogen-bond donors (Lipinski definition) is 1. The molecule has 15 rings (SSSR count). The molecular formula is C66H45BN4S. The lowest BCUT2D eigenvalue weighted by atomic mass is 9.32. The number of benzene rings is 11. The topological polar surface area (TPSA) is 13.0 Å². The summed E-state index contributed by atoms with van der Waals surface area (Å²) in [4.78, 5) is 14.3. The summed E-state index contributed by atoms with van der Waals surface area (Å²) in [5, 5.41) is 0. The summed E-state index contributed by atoms with van der Waals surface area (Å²) in [6.45, 7) is -0.136. The van der Waals surface area contributed by atoms with E-state index in [2.05, 4.69) is 287 Å². The number of hydrogen-bond acceptors (Lipinski definition) is 4. The van der Waals surface area contributed by atoms with E-state index in [0.717, 1.165) is 22.7 Å². The molecule has 6 heteroatoms. The third-order valence-corrected chi connectivity index (χ3v) is 17.6. The number of fused-ring (bicyclic) bond motifs is 8. The lowest BCUT2D eigenvalue weighted by Gasteiger charge is -2.51. The van der Waals surface area contributed by atoms with E-state index >= 15 is 0 Å². The van der Waals surface area contributed by atoms with Gasteiger partial charge in [0.2, 0.25) is 0 Å². The van der Waals surface area contributed by atoms with E-state index in [-0.39, 0.29) is 6.71 Å². The van der Waals surface area contributed by atoms with Crippen LogP contribution in [0, 0.1) is 0 Å². The summed E-state index contributed by atoms with van der Waals surface area (Å²) in [7, 11) is -1.23. The molecule has 0 amide bonds. The average molecular weight is 937 g/mol. The smallest absolute Gasteiger partial charge is 0.253 e. The monoisotopic (exact) mass is 936 g/mol. The fourth-order valence-corrected chi connectivity index (χ4v) is 15.3. The van der Waals surface area contributed by atoms with Gasteiger partial charge in [0.25, 0.3) is 6.71 Å². The Hall–Kier alpha value is -8.97. The van der Waals surface area contributed by atoms with Gasteiger partial charge >= 0.3 is 0 Å². The summed E-state index contributed by atoms with van der Waals surface area (Å²) >= 11 is 0. The van der Waals surface area contributed by atoms with Crippen molar-refractivity contribution in [2.45, 2.75) is 14.7 Å². The molecule has 1 unspecified atom stereocenters. The fraction of sp³-hybridized carbons (Fsp3) is 0. The Morgan fingerprint density at radius 1 is 0.264 bits per heavy atom. The molecule has 0 radical (unpaired) electrons. The molecule has 338 valence electrons. The van der Waals surface area contributed by atoms with Crippen LogP contribution in [0.5, 0.6) is 0 Å². The molecule has 0 aliphatic carbocycles. The van der Waals surface area contributed by atoms with Gasteiger partial charge in [-0.1, -0.05) is 176 Å². The normalized spacial score (nSPS) is 14.9. The number of anilines is 12. The van der Waals surface area contributed by atoms with Crippen molar-refractivity contribution in [1.29, 1.82) is 0 Å². The Labute approximate surface area is 423 Å². The molecule has 72 heavy (non-hydrogen) atoms. The molecule has 0 aromatic heterocycles. The third-order valence-electron chi connectivity index (χ3n) is 15.0. The minimum Gasteiger partial charge on any atom is -0.311 e. The SMILES string of the molecule is c1ccc(-c2c3c(c(-c4ccccc4)c4c2N(c2ccccc2)c2cccc5c2[SH]4c2ccccc2N5c2ccccc2)B2c4ccccc4N(c4ccccc4)c4cccc(c42)N3c2ccccc2)cc1. The standard InChI is InChI=1S/C66H45BN4S/c1-7-25-45(26-8-1)59-62-63(70(49-33-15-5-16-34-49)55-41-23-40-54-61(55)67(62)51-37-19-20-38-52(51)68(54)47-29-11-3-12-30-47)60(46-27-9-2-10-28-46)64-66(59)72-58-44-22-21-39-53(58)69(48-31-13-4-14-32-48)56-42-24-43-57(65(56)72)71(64)50-35-17-6-18-36-50/h1-44,72H. The summed E-state index contributed by atoms with van der Waals surface area (Å²) < 4.78 is 0. The van der Waals surface area contributed by atoms with E-state index in [1.165, 1.54) is 98.8 Å². The van der Waals surface area contributed by atoms with E-state index < -0.39 is 10.9 Å². The van der Waals surface area contributed by atoms with Crippen molar-refractivity contribution in [3.63, 3.8) is 0 Å². The van der Waals surface area contributed by atoms with Crippen LogP contribution < -0.4 is 36.0 Å². The Balaban J connectivity index is 1.19. The molecule has 1 atom stereocenters. The van der Waals surface area contributed by atoms with Crippen molar-refractivity contribution in [3.8, 4) is 22.3 Å². The van der Waals surface area contributed by atoms with Gasteiger partial charge in [-0.25, -0.2) is 0 Å². The molecule has 11 aromatic rings. The van der Waals surface area contributed by atoms with Crippen molar-refractivity contribution < 1.29 is 0 Å². The van der Waals surface area contributed by atoms with Gasteiger partial charge in [-0.2, -0.15) is 10.9 Å². The quantitative estimate of drug-likeness (QED) is 0.132. The zero-order chi connectivity index (χ0) is 47.3. The number of rotatable bonds is 6. The largest absolute Gasteiger partial charge is 0.311 e. The van der Waals surface area contributed by atoms with Gasteiger partial charge < -0.3 is 19.6 Å². The second-order valence-corrected chi connectivity index (χ2v) is 20.8. The highest BCUT2D eigenvalue weighted by Gasteiger charge is 2.50. The van der Waals surface area contributed by atoms with Crippen molar-refractivity contribution in [2.24, 2.45) is 0 Å². The van der Waals surface area contributed by atoms with Crippen LogP contribution in [0.4, 0.5) is 68.2 Å². The molecule has 0 saturated heterocycles. The molecule has 0 bridgehead atoms. The molecule has 0 saturated carbocycles. The molecule has 0 N–H and O–H groups in total. The zero-order valence-corrected chi connectivity index (χ0v) is 40.1. The van der Waals surface area contributed by atoms with Crippen LogP contribution in [0.15, 0.2) is 282 Å². The Kier molecular flexibility index (Phi) is 9.26. The van der Waals surface area contributed by atoms with Crippen LogP contribution >= 0.6 is 10.9 Å². The zero-order valence-electron chi connectivity index (χ0n) is 39.2. The maximum absolute atomic E-state index is 2.63. The highest BCUT2D eigenvalue weighted by atomic mass is 32.2. The lowest BCUT2D eigenvalue weighted by molar-refractivity contribution is 1.09. The first-order chi connectivity index (χ1) is 35.8. The van der Waals surface area contributed by atoms with Crippen molar-refractivity contribution in [1.82, 2.24) is 0 Å². The summed E-state index contributed by atoms with van der Waals surface area (Å²) in [6, 6.07) is 99.2. The summed E-state index contributed by atoms with van der Waals surface area (Å²) in [5.74, 6) is 0. The van der Waals surface area contributed by atoms with Crippen LogP contribution in [-0.4, -0.2) is 6.71 Å². The van der Waals surface area contributed by atoms with Crippen molar-refractivity contribution in [2.75, 3.05) is 19.6 Å². The van der Waals surface area contributed by atoms with Gasteiger partial charge in [0.15, 0.2) is 0 Å². The first-order valence-corrected chi connectivity index (χ1v) is 26.2. The first-order valence-electron chi connectivity index (χ1n) is 24.8. The van der Waals surface area contributed by atoms with Gasteiger partial charge in [0.05, 0.1) is 28.4 Å². The Bertz CT molecular complexity index is 3680. The molecular weight excluding hydrogens is 892 g/mol. The van der Waals surface area contributed by atoms with Gasteiger partial charge in [0.1, 0.15) is 0 Å². The minimum absolute atomic E-state index is 0.136. The van der Waals surface area contributed by atoms with E-state index in [4.69, 9.17) is 0 Å². The van der Waals surface area contributed by atoms with Gasteiger partial charge in [0, 0.05) is 60.1 Å². The summed E-state index contributed by atoms with van der Waals surface area (Å²) in [6.07, 6.45) is 0. The highest BCUT2D eigenvalue weighted by molar-refractivity contribution is 8.18. The first kappa shape index (κ1) is 40.9. The predicted octanol–water partition coefficient (Wildman–Crippen LogP) is 16.1. The molecule has 4 aliphatic rings. The van der Waals surface area contributed by atoms with Crippen LogP contribution in [0.25, 0.3) is 22.3 Å². The van der Waals surface area contributed by atoms with E-state index in [1.54, 1.807) is 0 Å². The van der Waals surface area contributed by atoms with Crippen molar-refractivity contribution in [3.05, 3.63) is 267 Å². The van der Waals surface area contributed by atoms with Crippen LogP contribution in [0.3, 0.4) is 0 Å². The molecule has 0 spiro atoms. The molecule has 4 nitrogen and oxygen atoms in total. The predicted molar refractivity (Wildman–Crippen MR) is 304 cm³/mol. The molecule has 0 fully saturated rings. The van der Waals surface area contributed by atoms with E-state index in [9.17, 15) is 0 Å². The highest BCUT2D eigenvalue weighted by Crippen LogP contribution is 2.74. The molecule has 11 aromatic carbocycles. The third kappa shape index (κ3) is 5.90.